The van der Waals surface area contributed by atoms with Crippen LogP contribution >= 0.6 is 0 Å². The van der Waals surface area contributed by atoms with Crippen LogP contribution in [0, 0.1) is 6.92 Å². The fraction of sp³-hybridized carbons (Fsp3) is 0.444. The third-order valence-corrected chi connectivity index (χ3v) is 4.21. The van der Waals surface area contributed by atoms with Crippen LogP contribution in [0.3, 0.4) is 0 Å². The first-order chi connectivity index (χ1) is 11.7. The van der Waals surface area contributed by atoms with Gasteiger partial charge < -0.3 is 20.1 Å². The SMILES string of the molecule is COc1ccc(OC)c(Nc2nc(C)cc(NC3CCCC3)n2)c1. The van der Waals surface area contributed by atoms with E-state index in [0.717, 1.165) is 22.9 Å². The topological polar surface area (TPSA) is 68.3 Å². The molecule has 0 saturated heterocycles. The molecular formula is C18H24N4O2. The van der Waals surface area contributed by atoms with E-state index >= 15 is 0 Å². The van der Waals surface area contributed by atoms with Crippen LogP contribution in [0.5, 0.6) is 11.5 Å². The van der Waals surface area contributed by atoms with E-state index in [1.165, 1.54) is 25.7 Å². The number of methoxy groups -OCH3 is 2. The predicted octanol–water partition coefficient (Wildman–Crippen LogP) is 3.90. The maximum absolute atomic E-state index is 5.40. The van der Waals surface area contributed by atoms with Crippen LogP contribution in [-0.4, -0.2) is 30.2 Å². The average Bonchev–Trinajstić information content (AvgIpc) is 3.07. The summed E-state index contributed by atoms with van der Waals surface area (Å²) in [6, 6.07) is 8.07. The quantitative estimate of drug-likeness (QED) is 0.838. The number of aryl methyl sites for hydroxylation is 1. The van der Waals surface area contributed by atoms with Gasteiger partial charge in [0.15, 0.2) is 0 Å². The monoisotopic (exact) mass is 328 g/mol. The van der Waals surface area contributed by atoms with E-state index in [4.69, 9.17) is 9.47 Å². The Morgan fingerprint density at radius 2 is 1.83 bits per heavy atom. The first-order valence-electron chi connectivity index (χ1n) is 8.29. The Kier molecular flexibility index (Phi) is 5.03. The van der Waals surface area contributed by atoms with Crippen molar-refractivity contribution in [2.75, 3.05) is 24.9 Å². The lowest BCUT2D eigenvalue weighted by atomic mass is 10.2. The number of hydrogen-bond acceptors (Lipinski definition) is 6. The smallest absolute Gasteiger partial charge is 0.229 e. The maximum Gasteiger partial charge on any atom is 0.229 e. The van der Waals surface area contributed by atoms with Gasteiger partial charge in [0.1, 0.15) is 17.3 Å². The zero-order valence-corrected chi connectivity index (χ0v) is 14.4. The Hall–Kier alpha value is -2.50. The summed E-state index contributed by atoms with van der Waals surface area (Å²) in [5.41, 5.74) is 1.68. The van der Waals surface area contributed by atoms with Crippen LogP contribution in [0.15, 0.2) is 24.3 Å². The summed E-state index contributed by atoms with van der Waals surface area (Å²) >= 11 is 0. The summed E-state index contributed by atoms with van der Waals surface area (Å²) in [5, 5.41) is 6.75. The molecule has 24 heavy (non-hydrogen) atoms. The molecule has 128 valence electrons. The first kappa shape index (κ1) is 16.4. The molecule has 6 nitrogen and oxygen atoms in total. The number of nitrogens with one attached hydrogen (secondary N) is 2. The lowest BCUT2D eigenvalue weighted by Gasteiger charge is -2.15. The molecule has 0 radical (unpaired) electrons. The molecule has 1 heterocycles. The summed E-state index contributed by atoms with van der Waals surface area (Å²) in [5.74, 6) is 2.86. The number of rotatable bonds is 6. The Morgan fingerprint density at radius 1 is 1.04 bits per heavy atom. The number of benzene rings is 1. The van der Waals surface area contributed by atoms with Crippen LogP contribution in [0.1, 0.15) is 31.4 Å². The molecule has 1 aromatic carbocycles. The largest absolute Gasteiger partial charge is 0.497 e. The van der Waals surface area contributed by atoms with Gasteiger partial charge in [-0.2, -0.15) is 4.98 Å². The molecule has 2 aromatic rings. The second kappa shape index (κ2) is 7.38. The van der Waals surface area contributed by atoms with Gasteiger partial charge >= 0.3 is 0 Å². The third-order valence-electron chi connectivity index (χ3n) is 4.21. The Bertz CT molecular complexity index is 699. The third kappa shape index (κ3) is 3.88. The van der Waals surface area contributed by atoms with Gasteiger partial charge in [-0.05, 0) is 31.9 Å². The molecule has 0 aliphatic heterocycles. The first-order valence-corrected chi connectivity index (χ1v) is 8.29. The number of anilines is 3. The maximum atomic E-state index is 5.40. The highest BCUT2D eigenvalue weighted by molar-refractivity contribution is 5.65. The minimum absolute atomic E-state index is 0.513. The number of nitrogens with zero attached hydrogens (tertiary/aromatic N) is 2. The fourth-order valence-electron chi connectivity index (χ4n) is 3.01. The molecule has 2 N–H and O–H groups in total. The molecule has 6 heteroatoms. The van der Waals surface area contributed by atoms with Crippen molar-refractivity contribution in [1.29, 1.82) is 0 Å². The molecule has 3 rings (SSSR count). The van der Waals surface area contributed by atoms with Crippen molar-refractivity contribution in [1.82, 2.24) is 9.97 Å². The molecule has 1 aromatic heterocycles. The summed E-state index contributed by atoms with van der Waals surface area (Å²) in [7, 11) is 3.27. The van der Waals surface area contributed by atoms with Crippen molar-refractivity contribution in [2.24, 2.45) is 0 Å². The summed E-state index contributed by atoms with van der Waals surface area (Å²) in [4.78, 5) is 9.07. The zero-order valence-electron chi connectivity index (χ0n) is 14.4. The Labute approximate surface area is 142 Å². The van der Waals surface area contributed by atoms with E-state index in [9.17, 15) is 0 Å². The van der Waals surface area contributed by atoms with E-state index in [1.807, 2.05) is 31.2 Å². The second-order valence-corrected chi connectivity index (χ2v) is 6.04. The number of aromatic nitrogens is 2. The van der Waals surface area contributed by atoms with Crippen LogP contribution in [0.2, 0.25) is 0 Å². The average molecular weight is 328 g/mol. The fourth-order valence-corrected chi connectivity index (χ4v) is 3.01. The molecule has 1 aliphatic rings. The molecule has 0 bridgehead atoms. The highest BCUT2D eigenvalue weighted by Gasteiger charge is 2.16. The van der Waals surface area contributed by atoms with E-state index in [0.29, 0.717) is 17.7 Å². The van der Waals surface area contributed by atoms with Crippen LogP contribution in [0.25, 0.3) is 0 Å². The van der Waals surface area contributed by atoms with Crippen molar-refractivity contribution in [3.63, 3.8) is 0 Å². The minimum Gasteiger partial charge on any atom is -0.497 e. The Balaban J connectivity index is 1.82. The Morgan fingerprint density at radius 3 is 2.54 bits per heavy atom. The van der Waals surface area contributed by atoms with Gasteiger partial charge in [-0.3, -0.25) is 0 Å². The highest BCUT2D eigenvalue weighted by atomic mass is 16.5. The summed E-state index contributed by atoms with van der Waals surface area (Å²) in [6.45, 7) is 1.97. The summed E-state index contributed by atoms with van der Waals surface area (Å²) < 4.78 is 10.7. The molecule has 0 spiro atoms. The molecule has 1 aliphatic carbocycles. The van der Waals surface area contributed by atoms with Gasteiger partial charge in [-0.1, -0.05) is 12.8 Å². The van der Waals surface area contributed by atoms with Crippen LogP contribution < -0.4 is 20.1 Å². The molecule has 1 fully saturated rings. The normalized spacial score (nSPS) is 14.5. The van der Waals surface area contributed by atoms with E-state index in [1.54, 1.807) is 14.2 Å². The van der Waals surface area contributed by atoms with Crippen molar-refractivity contribution in [3.8, 4) is 11.5 Å². The van der Waals surface area contributed by atoms with Gasteiger partial charge in [-0.15, -0.1) is 0 Å². The molecule has 1 saturated carbocycles. The second-order valence-electron chi connectivity index (χ2n) is 6.04. The van der Waals surface area contributed by atoms with Gasteiger partial charge in [0.25, 0.3) is 0 Å². The van der Waals surface area contributed by atoms with Crippen molar-refractivity contribution < 1.29 is 9.47 Å². The number of hydrogen-bond donors (Lipinski definition) is 2. The molecule has 0 atom stereocenters. The lowest BCUT2D eigenvalue weighted by Crippen LogP contribution is -2.16. The van der Waals surface area contributed by atoms with Gasteiger partial charge in [-0.25, -0.2) is 4.98 Å². The van der Waals surface area contributed by atoms with E-state index in [2.05, 4.69) is 20.6 Å². The van der Waals surface area contributed by atoms with Gasteiger partial charge in [0.2, 0.25) is 5.95 Å². The minimum atomic E-state index is 0.513. The van der Waals surface area contributed by atoms with E-state index < -0.39 is 0 Å². The van der Waals surface area contributed by atoms with E-state index in [-0.39, 0.29) is 0 Å². The van der Waals surface area contributed by atoms with Crippen molar-refractivity contribution in [3.05, 3.63) is 30.0 Å². The zero-order chi connectivity index (χ0) is 16.9. The predicted molar refractivity (Wildman–Crippen MR) is 95.5 cm³/mol. The molecule has 0 unspecified atom stereocenters. The van der Waals surface area contributed by atoms with Crippen molar-refractivity contribution in [2.45, 2.75) is 38.6 Å². The van der Waals surface area contributed by atoms with Crippen molar-refractivity contribution >= 4 is 17.5 Å². The summed E-state index contributed by atoms with van der Waals surface area (Å²) in [6.07, 6.45) is 4.98. The van der Waals surface area contributed by atoms with Crippen LogP contribution in [0.4, 0.5) is 17.5 Å². The van der Waals surface area contributed by atoms with Gasteiger partial charge in [0, 0.05) is 23.9 Å². The van der Waals surface area contributed by atoms with Gasteiger partial charge in [0.05, 0.1) is 19.9 Å². The lowest BCUT2D eigenvalue weighted by molar-refractivity contribution is 0.405. The van der Waals surface area contributed by atoms with Crippen LogP contribution in [-0.2, 0) is 0 Å². The highest BCUT2D eigenvalue weighted by Crippen LogP contribution is 2.31. The standard InChI is InChI=1S/C18H24N4O2/c1-12-10-17(20-13-6-4-5-7-13)22-18(19-12)21-15-11-14(23-2)8-9-16(15)24-3/h8-11,13H,4-7H2,1-3H3,(H2,19,20,21,22). The molecule has 0 amide bonds. The number of ether oxygens (including phenoxy) is 2. The molecular weight excluding hydrogens is 304 g/mol.